The molecule has 0 unspecified atom stereocenters. The molecule has 0 heterocycles. The van der Waals surface area contributed by atoms with E-state index in [9.17, 15) is 0 Å². The van der Waals surface area contributed by atoms with Crippen molar-refractivity contribution in [2.75, 3.05) is 14.2 Å². The van der Waals surface area contributed by atoms with Crippen molar-refractivity contribution in [3.8, 4) is 5.75 Å². The third-order valence-electron chi connectivity index (χ3n) is 3.69. The van der Waals surface area contributed by atoms with Crippen molar-refractivity contribution in [3.63, 3.8) is 0 Å². The van der Waals surface area contributed by atoms with Crippen LogP contribution >= 0.6 is 24.0 Å². The predicted molar refractivity (Wildman–Crippen MR) is 111 cm³/mol. The zero-order chi connectivity index (χ0) is 16.7. The van der Waals surface area contributed by atoms with Crippen LogP contribution in [0, 0.1) is 13.8 Å². The van der Waals surface area contributed by atoms with Gasteiger partial charge in [-0.05, 0) is 31.0 Å². The number of benzene rings is 2. The van der Waals surface area contributed by atoms with E-state index in [4.69, 9.17) is 4.74 Å². The number of methoxy groups -OCH3 is 1. The SMILES string of the molecule is CN=C(NCc1ccc(C)cc1)NCc1ccc(C)cc1OC.I. The Morgan fingerprint density at radius 3 is 2.21 bits per heavy atom. The van der Waals surface area contributed by atoms with Gasteiger partial charge >= 0.3 is 0 Å². The van der Waals surface area contributed by atoms with Crippen LogP contribution in [-0.4, -0.2) is 20.1 Å². The van der Waals surface area contributed by atoms with E-state index < -0.39 is 0 Å². The number of hydrogen-bond donors (Lipinski definition) is 2. The van der Waals surface area contributed by atoms with Gasteiger partial charge in [0, 0.05) is 25.7 Å². The molecule has 2 N–H and O–H groups in total. The zero-order valence-corrected chi connectivity index (χ0v) is 17.0. The zero-order valence-electron chi connectivity index (χ0n) is 14.7. The average molecular weight is 439 g/mol. The maximum atomic E-state index is 5.43. The van der Waals surface area contributed by atoms with E-state index in [0.29, 0.717) is 6.54 Å². The van der Waals surface area contributed by atoms with E-state index in [1.54, 1.807) is 14.2 Å². The Labute approximate surface area is 161 Å². The first-order valence-corrected chi connectivity index (χ1v) is 7.76. The summed E-state index contributed by atoms with van der Waals surface area (Å²) in [5.74, 6) is 1.67. The third kappa shape index (κ3) is 6.03. The number of nitrogens with zero attached hydrogens (tertiary/aromatic N) is 1. The molecule has 4 nitrogen and oxygen atoms in total. The second kappa shape index (κ2) is 10.2. The van der Waals surface area contributed by atoms with Gasteiger partial charge in [0.25, 0.3) is 0 Å². The number of hydrogen-bond acceptors (Lipinski definition) is 2. The first-order chi connectivity index (χ1) is 11.1. The van der Waals surface area contributed by atoms with Crippen molar-refractivity contribution in [1.82, 2.24) is 10.6 Å². The minimum absolute atomic E-state index is 0. The summed E-state index contributed by atoms with van der Waals surface area (Å²) in [4.78, 5) is 4.26. The number of aryl methyl sites for hydroxylation is 2. The molecule has 0 radical (unpaired) electrons. The fraction of sp³-hybridized carbons (Fsp3) is 0.316. The van der Waals surface area contributed by atoms with Crippen LogP contribution in [0.3, 0.4) is 0 Å². The maximum Gasteiger partial charge on any atom is 0.191 e. The molecule has 5 heteroatoms. The predicted octanol–water partition coefficient (Wildman–Crippen LogP) is 3.80. The third-order valence-corrected chi connectivity index (χ3v) is 3.69. The normalized spacial score (nSPS) is 10.8. The molecule has 0 aromatic heterocycles. The summed E-state index contributed by atoms with van der Waals surface area (Å²) in [5, 5.41) is 6.64. The van der Waals surface area contributed by atoms with E-state index in [1.807, 2.05) is 6.07 Å². The van der Waals surface area contributed by atoms with Crippen LogP contribution in [0.1, 0.15) is 22.3 Å². The van der Waals surface area contributed by atoms with Crippen molar-refractivity contribution < 1.29 is 4.74 Å². The van der Waals surface area contributed by atoms with Crippen LogP contribution in [0.25, 0.3) is 0 Å². The molecule has 0 amide bonds. The van der Waals surface area contributed by atoms with Crippen molar-refractivity contribution in [1.29, 1.82) is 0 Å². The van der Waals surface area contributed by atoms with E-state index >= 15 is 0 Å². The van der Waals surface area contributed by atoms with Gasteiger partial charge in [-0.3, -0.25) is 4.99 Å². The Balaban J connectivity index is 0.00000288. The van der Waals surface area contributed by atoms with Gasteiger partial charge in [0.2, 0.25) is 0 Å². The van der Waals surface area contributed by atoms with Gasteiger partial charge in [0.05, 0.1) is 7.11 Å². The highest BCUT2D eigenvalue weighted by molar-refractivity contribution is 14.0. The highest BCUT2D eigenvalue weighted by atomic mass is 127. The van der Waals surface area contributed by atoms with Crippen molar-refractivity contribution in [2.45, 2.75) is 26.9 Å². The Hall–Kier alpha value is -1.76. The smallest absolute Gasteiger partial charge is 0.191 e. The lowest BCUT2D eigenvalue weighted by Crippen LogP contribution is -2.36. The van der Waals surface area contributed by atoms with Crippen LogP contribution in [0.2, 0.25) is 0 Å². The van der Waals surface area contributed by atoms with E-state index in [-0.39, 0.29) is 24.0 Å². The molecule has 0 aliphatic rings. The fourth-order valence-corrected chi connectivity index (χ4v) is 2.29. The van der Waals surface area contributed by atoms with Crippen molar-refractivity contribution >= 4 is 29.9 Å². The summed E-state index contributed by atoms with van der Waals surface area (Å²) in [7, 11) is 3.47. The number of aliphatic imine (C=N–C) groups is 1. The second-order valence-electron chi connectivity index (χ2n) is 5.58. The largest absolute Gasteiger partial charge is 0.496 e. The first-order valence-electron chi connectivity index (χ1n) is 7.76. The van der Waals surface area contributed by atoms with Crippen LogP contribution in [0.5, 0.6) is 5.75 Å². The van der Waals surface area contributed by atoms with Gasteiger partial charge in [-0.15, -0.1) is 24.0 Å². The monoisotopic (exact) mass is 439 g/mol. The minimum Gasteiger partial charge on any atom is -0.496 e. The molecular formula is C19H26IN3O. The van der Waals surface area contributed by atoms with Gasteiger partial charge in [-0.2, -0.15) is 0 Å². The number of ether oxygens (including phenoxy) is 1. The molecule has 2 aromatic carbocycles. The Morgan fingerprint density at radius 2 is 1.58 bits per heavy atom. The molecule has 0 aliphatic carbocycles. The van der Waals surface area contributed by atoms with Crippen LogP contribution in [0.4, 0.5) is 0 Å². The lowest BCUT2D eigenvalue weighted by molar-refractivity contribution is 0.408. The summed E-state index contributed by atoms with van der Waals surface area (Å²) in [6.45, 7) is 5.55. The number of halogens is 1. The van der Waals surface area contributed by atoms with Gasteiger partial charge in [-0.25, -0.2) is 0 Å². The Morgan fingerprint density at radius 1 is 0.958 bits per heavy atom. The molecule has 2 rings (SSSR count). The molecule has 0 atom stereocenters. The Kier molecular flexibility index (Phi) is 8.60. The molecule has 0 bridgehead atoms. The fourth-order valence-electron chi connectivity index (χ4n) is 2.29. The highest BCUT2D eigenvalue weighted by Crippen LogP contribution is 2.19. The average Bonchev–Trinajstić information content (AvgIpc) is 2.57. The minimum atomic E-state index is 0. The summed E-state index contributed by atoms with van der Waals surface area (Å²) in [6, 6.07) is 14.7. The van der Waals surface area contributed by atoms with Gasteiger partial charge in [0.1, 0.15) is 5.75 Å². The number of rotatable bonds is 5. The number of nitrogens with one attached hydrogen (secondary N) is 2. The molecule has 24 heavy (non-hydrogen) atoms. The summed E-state index contributed by atoms with van der Waals surface area (Å²) < 4.78 is 5.43. The lowest BCUT2D eigenvalue weighted by Gasteiger charge is -2.14. The van der Waals surface area contributed by atoms with Crippen molar-refractivity contribution in [2.24, 2.45) is 4.99 Å². The summed E-state index contributed by atoms with van der Waals surface area (Å²) >= 11 is 0. The maximum absolute atomic E-state index is 5.43. The quantitative estimate of drug-likeness (QED) is 0.424. The topological polar surface area (TPSA) is 45.7 Å². The molecule has 2 aromatic rings. The highest BCUT2D eigenvalue weighted by Gasteiger charge is 2.04. The van der Waals surface area contributed by atoms with E-state index in [2.05, 4.69) is 65.9 Å². The lowest BCUT2D eigenvalue weighted by atomic mass is 10.1. The molecule has 0 saturated carbocycles. The van der Waals surface area contributed by atoms with Crippen LogP contribution in [-0.2, 0) is 13.1 Å². The summed E-state index contributed by atoms with van der Waals surface area (Å²) in [6.07, 6.45) is 0. The number of guanidine groups is 1. The van der Waals surface area contributed by atoms with Crippen LogP contribution in [0.15, 0.2) is 47.5 Å². The second-order valence-corrected chi connectivity index (χ2v) is 5.58. The Bertz CT molecular complexity index is 669. The van der Waals surface area contributed by atoms with Crippen LogP contribution < -0.4 is 15.4 Å². The molecule has 130 valence electrons. The van der Waals surface area contributed by atoms with Crippen molar-refractivity contribution in [3.05, 3.63) is 64.7 Å². The molecule has 0 saturated heterocycles. The molecule has 0 spiro atoms. The van der Waals surface area contributed by atoms with Gasteiger partial charge < -0.3 is 15.4 Å². The first kappa shape index (κ1) is 20.3. The summed E-state index contributed by atoms with van der Waals surface area (Å²) in [5.41, 5.74) is 4.79. The standard InChI is InChI=1S/C19H25N3O.HI/c1-14-5-8-16(9-6-14)12-21-19(20-3)22-13-17-10-7-15(2)11-18(17)23-4;/h5-11H,12-13H2,1-4H3,(H2,20,21,22);1H. The molecule has 0 aliphatic heterocycles. The van der Waals surface area contributed by atoms with Gasteiger partial charge in [-0.1, -0.05) is 42.0 Å². The molecular weight excluding hydrogens is 413 g/mol. The molecule has 0 fully saturated rings. The van der Waals surface area contributed by atoms with E-state index in [0.717, 1.165) is 23.8 Å². The van der Waals surface area contributed by atoms with Gasteiger partial charge in [0.15, 0.2) is 5.96 Å². The van der Waals surface area contributed by atoms with E-state index in [1.165, 1.54) is 16.7 Å².